The number of hydrogen-bond acceptors (Lipinski definition) is 3. The highest BCUT2D eigenvalue weighted by Crippen LogP contribution is 2.27. The highest BCUT2D eigenvalue weighted by molar-refractivity contribution is 7.92. The van der Waals surface area contributed by atoms with E-state index in [9.17, 15) is 13.2 Å². The van der Waals surface area contributed by atoms with E-state index in [0.29, 0.717) is 16.9 Å². The summed E-state index contributed by atoms with van der Waals surface area (Å²) in [6.07, 6.45) is 0. The Labute approximate surface area is 146 Å². The summed E-state index contributed by atoms with van der Waals surface area (Å²) >= 11 is 0. The molecule has 5 nitrogen and oxygen atoms in total. The fourth-order valence-corrected chi connectivity index (χ4v) is 3.82. The molecule has 0 saturated heterocycles. The lowest BCUT2D eigenvalue weighted by atomic mass is 10.1. The van der Waals surface area contributed by atoms with Gasteiger partial charge in [-0.25, -0.2) is 8.42 Å². The van der Waals surface area contributed by atoms with E-state index in [1.54, 1.807) is 25.1 Å². The molecule has 0 heterocycles. The summed E-state index contributed by atoms with van der Waals surface area (Å²) in [6.45, 7) is 3.16. The van der Waals surface area contributed by atoms with Crippen LogP contribution in [0.25, 0.3) is 10.8 Å². The second-order valence-electron chi connectivity index (χ2n) is 5.79. The first-order valence-electron chi connectivity index (χ1n) is 7.76. The lowest BCUT2D eigenvalue weighted by Gasteiger charge is -2.13. The molecular formula is C19H18N2O3S. The van der Waals surface area contributed by atoms with Gasteiger partial charge in [0.1, 0.15) is 0 Å². The Hall–Kier alpha value is -2.86. The molecule has 6 heteroatoms. The number of carbonyl (C=O) groups is 1. The second kappa shape index (κ2) is 6.57. The average Bonchev–Trinajstić information content (AvgIpc) is 2.56. The molecule has 128 valence electrons. The van der Waals surface area contributed by atoms with E-state index in [2.05, 4.69) is 10.0 Å². The molecule has 1 amide bonds. The van der Waals surface area contributed by atoms with Gasteiger partial charge in [0, 0.05) is 18.0 Å². The van der Waals surface area contributed by atoms with Crippen LogP contribution in [0.3, 0.4) is 0 Å². The number of nitrogens with one attached hydrogen (secondary N) is 2. The molecule has 0 fully saturated rings. The van der Waals surface area contributed by atoms with Crippen LogP contribution in [0.4, 0.5) is 11.4 Å². The lowest BCUT2D eigenvalue weighted by molar-refractivity contribution is -0.114. The lowest BCUT2D eigenvalue weighted by Crippen LogP contribution is -2.14. The minimum atomic E-state index is -3.74. The predicted molar refractivity (Wildman–Crippen MR) is 100 cm³/mol. The van der Waals surface area contributed by atoms with Gasteiger partial charge in [0.2, 0.25) is 5.91 Å². The van der Waals surface area contributed by atoms with Crippen LogP contribution in [0.2, 0.25) is 0 Å². The molecule has 0 aromatic heterocycles. The zero-order valence-electron chi connectivity index (χ0n) is 13.9. The Bertz CT molecular complexity index is 1050. The first kappa shape index (κ1) is 17.0. The highest BCUT2D eigenvalue weighted by atomic mass is 32.2. The van der Waals surface area contributed by atoms with Gasteiger partial charge in [-0.15, -0.1) is 0 Å². The maximum absolute atomic E-state index is 12.7. The maximum Gasteiger partial charge on any atom is 0.261 e. The molecule has 0 radical (unpaired) electrons. The van der Waals surface area contributed by atoms with Crippen LogP contribution in [0.1, 0.15) is 12.5 Å². The highest BCUT2D eigenvalue weighted by Gasteiger charge is 2.16. The zero-order valence-corrected chi connectivity index (χ0v) is 14.7. The molecule has 0 spiro atoms. The predicted octanol–water partition coefficient (Wildman–Crippen LogP) is 3.91. The van der Waals surface area contributed by atoms with Gasteiger partial charge in [0.05, 0.1) is 10.6 Å². The number of aryl methyl sites for hydroxylation is 1. The van der Waals surface area contributed by atoms with Crippen LogP contribution in [0.5, 0.6) is 0 Å². The monoisotopic (exact) mass is 354 g/mol. The molecule has 0 bridgehead atoms. The standard InChI is InChI=1S/C19H18N2O3S/c1-13-12-16(10-11-18(13)20-14(2)22)25(23,24)21-19-9-5-7-15-6-3-4-8-17(15)19/h3-12,21H,1-2H3,(H,20,22). The number of sulfonamides is 1. The van der Waals surface area contributed by atoms with Crippen LogP contribution >= 0.6 is 0 Å². The zero-order chi connectivity index (χ0) is 18.0. The number of benzene rings is 3. The summed E-state index contributed by atoms with van der Waals surface area (Å²) < 4.78 is 28.1. The summed E-state index contributed by atoms with van der Waals surface area (Å²) in [5.41, 5.74) is 1.80. The van der Waals surface area contributed by atoms with E-state index in [0.717, 1.165) is 10.8 Å². The van der Waals surface area contributed by atoms with Crippen LogP contribution in [0.15, 0.2) is 65.6 Å². The van der Waals surface area contributed by atoms with Crippen LogP contribution in [-0.4, -0.2) is 14.3 Å². The second-order valence-corrected chi connectivity index (χ2v) is 7.47. The van der Waals surface area contributed by atoms with Crippen molar-refractivity contribution in [1.82, 2.24) is 0 Å². The van der Waals surface area contributed by atoms with Crippen molar-refractivity contribution in [3.63, 3.8) is 0 Å². The molecule has 0 aliphatic rings. The van der Waals surface area contributed by atoms with E-state index in [-0.39, 0.29) is 10.8 Å². The molecule has 0 saturated carbocycles. The van der Waals surface area contributed by atoms with Crippen molar-refractivity contribution < 1.29 is 13.2 Å². The molecule has 3 aromatic rings. The van der Waals surface area contributed by atoms with Crippen molar-refractivity contribution in [3.05, 3.63) is 66.2 Å². The number of rotatable bonds is 4. The fraction of sp³-hybridized carbons (Fsp3) is 0.105. The van der Waals surface area contributed by atoms with Crippen molar-refractivity contribution in [1.29, 1.82) is 0 Å². The normalized spacial score (nSPS) is 11.3. The quantitative estimate of drug-likeness (QED) is 0.746. The van der Waals surface area contributed by atoms with Crippen LogP contribution in [0, 0.1) is 6.92 Å². The number of fused-ring (bicyclic) bond motifs is 1. The van der Waals surface area contributed by atoms with Crippen molar-refractivity contribution in [2.75, 3.05) is 10.0 Å². The molecular weight excluding hydrogens is 336 g/mol. The van der Waals surface area contributed by atoms with Crippen molar-refractivity contribution in [2.45, 2.75) is 18.7 Å². The van der Waals surface area contributed by atoms with E-state index in [1.165, 1.54) is 13.0 Å². The van der Waals surface area contributed by atoms with E-state index >= 15 is 0 Å². The minimum absolute atomic E-state index is 0.145. The number of carbonyl (C=O) groups excluding carboxylic acids is 1. The fourth-order valence-electron chi connectivity index (χ4n) is 2.65. The summed E-state index contributed by atoms with van der Waals surface area (Å²) in [5.74, 6) is -0.201. The maximum atomic E-state index is 12.7. The van der Waals surface area contributed by atoms with E-state index < -0.39 is 10.0 Å². The average molecular weight is 354 g/mol. The van der Waals surface area contributed by atoms with E-state index in [1.807, 2.05) is 36.4 Å². The molecule has 0 aliphatic carbocycles. The molecule has 3 rings (SSSR count). The van der Waals surface area contributed by atoms with Crippen LogP contribution < -0.4 is 10.0 Å². The summed E-state index contributed by atoms with van der Waals surface area (Å²) in [6, 6.07) is 17.7. The van der Waals surface area contributed by atoms with Gasteiger partial charge in [-0.2, -0.15) is 0 Å². The minimum Gasteiger partial charge on any atom is -0.326 e. The summed E-state index contributed by atoms with van der Waals surface area (Å²) in [4.78, 5) is 11.3. The van der Waals surface area contributed by atoms with Crippen molar-refractivity contribution in [2.24, 2.45) is 0 Å². The Balaban J connectivity index is 1.96. The Morgan fingerprint density at radius 2 is 1.64 bits per heavy atom. The Kier molecular flexibility index (Phi) is 4.46. The molecule has 25 heavy (non-hydrogen) atoms. The van der Waals surface area contributed by atoms with Crippen molar-refractivity contribution in [3.8, 4) is 0 Å². The largest absolute Gasteiger partial charge is 0.326 e. The third kappa shape index (κ3) is 3.64. The van der Waals surface area contributed by atoms with Gasteiger partial charge in [0.15, 0.2) is 0 Å². The van der Waals surface area contributed by atoms with Gasteiger partial charge in [0.25, 0.3) is 10.0 Å². The van der Waals surface area contributed by atoms with Gasteiger partial charge >= 0.3 is 0 Å². The topological polar surface area (TPSA) is 75.3 Å². The third-order valence-electron chi connectivity index (χ3n) is 3.85. The van der Waals surface area contributed by atoms with E-state index in [4.69, 9.17) is 0 Å². The first-order chi connectivity index (χ1) is 11.9. The van der Waals surface area contributed by atoms with Gasteiger partial charge in [-0.1, -0.05) is 36.4 Å². The number of anilines is 2. The number of hydrogen-bond donors (Lipinski definition) is 2. The van der Waals surface area contributed by atoms with Gasteiger partial charge in [-0.05, 0) is 42.1 Å². The molecule has 0 aliphatic heterocycles. The molecule has 0 atom stereocenters. The van der Waals surface area contributed by atoms with Gasteiger partial charge < -0.3 is 5.32 Å². The molecule has 0 unspecified atom stereocenters. The Morgan fingerprint density at radius 3 is 2.36 bits per heavy atom. The third-order valence-corrected chi connectivity index (χ3v) is 5.22. The van der Waals surface area contributed by atoms with Crippen LogP contribution in [-0.2, 0) is 14.8 Å². The van der Waals surface area contributed by atoms with Gasteiger partial charge in [-0.3, -0.25) is 9.52 Å². The summed E-state index contributed by atoms with van der Waals surface area (Å²) in [5, 5.41) is 4.46. The van der Waals surface area contributed by atoms with Crippen molar-refractivity contribution >= 4 is 38.1 Å². The Morgan fingerprint density at radius 1 is 0.920 bits per heavy atom. The number of amides is 1. The SMILES string of the molecule is CC(=O)Nc1ccc(S(=O)(=O)Nc2cccc3ccccc23)cc1C. The summed E-state index contributed by atoms with van der Waals surface area (Å²) in [7, 11) is -3.74. The molecule has 2 N–H and O–H groups in total. The smallest absolute Gasteiger partial charge is 0.261 e. The molecule has 3 aromatic carbocycles. The first-order valence-corrected chi connectivity index (χ1v) is 9.24.